The van der Waals surface area contributed by atoms with Gasteiger partial charge in [0.25, 0.3) is 0 Å². The smallest absolute Gasteiger partial charge is 0.132 e. The molecule has 0 amide bonds. The van der Waals surface area contributed by atoms with E-state index in [-0.39, 0.29) is 5.38 Å². The van der Waals surface area contributed by atoms with Crippen LogP contribution in [0, 0.1) is 6.92 Å². The number of para-hydroxylation sites is 1. The average molecular weight is 384 g/mol. The molecule has 108 valence electrons. The topological polar surface area (TPSA) is 17.8 Å². The van der Waals surface area contributed by atoms with Crippen molar-refractivity contribution in [3.63, 3.8) is 0 Å². The zero-order valence-electron chi connectivity index (χ0n) is 11.6. The monoisotopic (exact) mass is 382 g/mol. The van der Waals surface area contributed by atoms with Gasteiger partial charge in [-0.1, -0.05) is 33.6 Å². The number of rotatable bonds is 2. The molecule has 0 saturated heterocycles. The number of hydrogen-bond acceptors (Lipinski definition) is 1. The van der Waals surface area contributed by atoms with Crippen molar-refractivity contribution in [2.24, 2.45) is 0 Å². The third-order valence-electron chi connectivity index (χ3n) is 3.41. The number of benzene rings is 2. The van der Waals surface area contributed by atoms with Gasteiger partial charge in [0.1, 0.15) is 5.82 Å². The molecule has 1 aromatic heterocycles. The minimum Gasteiger partial charge on any atom is -0.294 e. The highest BCUT2D eigenvalue weighted by atomic mass is 79.9. The standard InChI is InChI=1S/C16H13BrCl2N2/c1-9-8-11(6-7-12(9)17)21-15-13(19)4-3-5-14(15)20-16(21)10(2)18/h3-8,10H,1-2H3. The van der Waals surface area contributed by atoms with Crippen molar-refractivity contribution in [1.82, 2.24) is 9.55 Å². The molecular weight excluding hydrogens is 371 g/mol. The van der Waals surface area contributed by atoms with Crippen molar-refractivity contribution in [2.45, 2.75) is 19.2 Å². The van der Waals surface area contributed by atoms with Crippen LogP contribution in [0.15, 0.2) is 40.9 Å². The summed E-state index contributed by atoms with van der Waals surface area (Å²) in [6.07, 6.45) is 0. The average Bonchev–Trinajstić information content (AvgIpc) is 2.83. The van der Waals surface area contributed by atoms with Crippen LogP contribution in [0.3, 0.4) is 0 Å². The molecule has 0 aliphatic carbocycles. The van der Waals surface area contributed by atoms with Crippen LogP contribution in [-0.2, 0) is 0 Å². The lowest BCUT2D eigenvalue weighted by atomic mass is 10.2. The fourth-order valence-electron chi connectivity index (χ4n) is 2.40. The van der Waals surface area contributed by atoms with Gasteiger partial charge in [0.2, 0.25) is 0 Å². The van der Waals surface area contributed by atoms with Crippen LogP contribution in [0.2, 0.25) is 5.02 Å². The van der Waals surface area contributed by atoms with E-state index in [0.29, 0.717) is 5.02 Å². The first kappa shape index (κ1) is 14.9. The number of fused-ring (bicyclic) bond motifs is 1. The Morgan fingerprint density at radius 3 is 2.67 bits per heavy atom. The second-order valence-electron chi connectivity index (χ2n) is 4.96. The van der Waals surface area contributed by atoms with Gasteiger partial charge >= 0.3 is 0 Å². The summed E-state index contributed by atoms with van der Waals surface area (Å²) in [5, 5.41) is 0.460. The molecule has 0 aliphatic heterocycles. The quantitative estimate of drug-likeness (QED) is 0.492. The maximum Gasteiger partial charge on any atom is 0.132 e. The Labute approximate surface area is 141 Å². The molecule has 3 aromatic rings. The van der Waals surface area contributed by atoms with Crippen molar-refractivity contribution in [3.05, 3.63) is 57.3 Å². The van der Waals surface area contributed by atoms with E-state index in [1.807, 2.05) is 41.8 Å². The van der Waals surface area contributed by atoms with Crippen molar-refractivity contribution >= 4 is 50.2 Å². The van der Waals surface area contributed by atoms with Crippen LogP contribution >= 0.6 is 39.1 Å². The van der Waals surface area contributed by atoms with Gasteiger partial charge in [-0.05, 0) is 49.7 Å². The third-order valence-corrected chi connectivity index (χ3v) is 4.80. The Morgan fingerprint density at radius 1 is 1.24 bits per heavy atom. The second kappa shape index (κ2) is 5.64. The summed E-state index contributed by atoms with van der Waals surface area (Å²) in [6.45, 7) is 3.97. The van der Waals surface area contributed by atoms with Crippen LogP contribution in [0.1, 0.15) is 23.7 Å². The van der Waals surface area contributed by atoms with E-state index in [0.717, 1.165) is 32.6 Å². The maximum atomic E-state index is 6.39. The highest BCUT2D eigenvalue weighted by Gasteiger charge is 2.18. The Bertz CT molecular complexity index is 825. The predicted molar refractivity (Wildman–Crippen MR) is 92.8 cm³/mol. The van der Waals surface area contributed by atoms with Crippen molar-refractivity contribution in [3.8, 4) is 5.69 Å². The Morgan fingerprint density at radius 2 is 2.00 bits per heavy atom. The normalized spacial score (nSPS) is 12.8. The van der Waals surface area contributed by atoms with Gasteiger partial charge in [-0.25, -0.2) is 4.98 Å². The van der Waals surface area contributed by atoms with Crippen LogP contribution < -0.4 is 0 Å². The van der Waals surface area contributed by atoms with E-state index in [2.05, 4.69) is 33.9 Å². The number of aryl methyl sites for hydroxylation is 1. The summed E-state index contributed by atoms with van der Waals surface area (Å²) in [7, 11) is 0. The van der Waals surface area contributed by atoms with Gasteiger partial charge in [-0.3, -0.25) is 4.57 Å². The molecule has 21 heavy (non-hydrogen) atoms. The lowest BCUT2D eigenvalue weighted by molar-refractivity contribution is 0.881. The molecule has 2 aromatic carbocycles. The molecule has 0 fully saturated rings. The van der Waals surface area contributed by atoms with Crippen LogP contribution in [0.5, 0.6) is 0 Å². The number of imidazole rings is 1. The lowest BCUT2D eigenvalue weighted by Gasteiger charge is -2.12. The summed E-state index contributed by atoms with van der Waals surface area (Å²) in [6, 6.07) is 11.9. The largest absolute Gasteiger partial charge is 0.294 e. The fraction of sp³-hybridized carbons (Fsp3) is 0.188. The molecule has 1 heterocycles. The first-order chi connectivity index (χ1) is 9.99. The fourth-order valence-corrected chi connectivity index (χ4v) is 3.05. The van der Waals surface area contributed by atoms with Gasteiger partial charge in [-0.15, -0.1) is 11.6 Å². The summed E-state index contributed by atoms with van der Waals surface area (Å²) in [4.78, 5) is 4.64. The molecule has 0 radical (unpaired) electrons. The van der Waals surface area contributed by atoms with Gasteiger partial charge in [0.15, 0.2) is 0 Å². The third kappa shape index (κ3) is 2.59. The summed E-state index contributed by atoms with van der Waals surface area (Å²) in [5.74, 6) is 0.793. The second-order valence-corrected chi connectivity index (χ2v) is 6.88. The summed E-state index contributed by atoms with van der Waals surface area (Å²) >= 11 is 16.2. The number of halogens is 3. The Hall–Kier alpha value is -1.03. The first-order valence-corrected chi connectivity index (χ1v) is 8.17. The zero-order chi connectivity index (χ0) is 15.1. The maximum absolute atomic E-state index is 6.39. The van der Waals surface area contributed by atoms with E-state index in [1.165, 1.54) is 0 Å². The molecule has 0 aliphatic rings. The van der Waals surface area contributed by atoms with Crippen molar-refractivity contribution in [1.29, 1.82) is 0 Å². The molecular formula is C16H13BrCl2N2. The van der Waals surface area contributed by atoms with Gasteiger partial charge in [0, 0.05) is 10.2 Å². The molecule has 5 heteroatoms. The van der Waals surface area contributed by atoms with E-state index >= 15 is 0 Å². The highest BCUT2D eigenvalue weighted by Crippen LogP contribution is 2.33. The zero-order valence-corrected chi connectivity index (χ0v) is 14.7. The number of alkyl halides is 1. The van der Waals surface area contributed by atoms with E-state index in [4.69, 9.17) is 23.2 Å². The molecule has 0 bridgehead atoms. The number of hydrogen-bond donors (Lipinski definition) is 0. The number of nitrogens with zero attached hydrogens (tertiary/aromatic N) is 2. The number of aromatic nitrogens is 2. The lowest BCUT2D eigenvalue weighted by Crippen LogP contribution is -2.02. The Kier molecular flexibility index (Phi) is 4.00. The molecule has 0 spiro atoms. The van der Waals surface area contributed by atoms with E-state index in [9.17, 15) is 0 Å². The van der Waals surface area contributed by atoms with Crippen molar-refractivity contribution < 1.29 is 0 Å². The van der Waals surface area contributed by atoms with Crippen LogP contribution in [0.4, 0.5) is 0 Å². The first-order valence-electron chi connectivity index (χ1n) is 6.56. The van der Waals surface area contributed by atoms with E-state index in [1.54, 1.807) is 0 Å². The van der Waals surface area contributed by atoms with Crippen molar-refractivity contribution in [2.75, 3.05) is 0 Å². The predicted octanol–water partition coefficient (Wildman–Crippen LogP) is 6.05. The van der Waals surface area contributed by atoms with Gasteiger partial charge < -0.3 is 0 Å². The summed E-state index contributed by atoms with van der Waals surface area (Å²) < 4.78 is 3.11. The molecule has 1 atom stereocenters. The molecule has 0 saturated carbocycles. The van der Waals surface area contributed by atoms with Gasteiger partial charge in [-0.2, -0.15) is 0 Å². The van der Waals surface area contributed by atoms with Crippen LogP contribution in [0.25, 0.3) is 16.7 Å². The van der Waals surface area contributed by atoms with E-state index < -0.39 is 0 Å². The SMILES string of the molecule is Cc1cc(-n2c(C(C)Cl)nc3cccc(Cl)c32)ccc1Br. The minimum absolute atomic E-state index is 0.211. The summed E-state index contributed by atoms with van der Waals surface area (Å²) in [5.41, 5.74) is 3.90. The minimum atomic E-state index is -0.211. The molecule has 0 N–H and O–H groups in total. The molecule has 3 rings (SSSR count). The molecule has 2 nitrogen and oxygen atoms in total. The van der Waals surface area contributed by atoms with Crippen LogP contribution in [-0.4, -0.2) is 9.55 Å². The highest BCUT2D eigenvalue weighted by molar-refractivity contribution is 9.10. The van der Waals surface area contributed by atoms with Gasteiger partial charge in [0.05, 0.1) is 21.4 Å². The Balaban J connectivity index is 2.38. The molecule has 1 unspecified atom stereocenters.